The molecule has 7 nitrogen and oxygen atoms in total. The van der Waals surface area contributed by atoms with Crippen molar-refractivity contribution in [3.8, 4) is 0 Å². The molecule has 7 heteroatoms. The summed E-state index contributed by atoms with van der Waals surface area (Å²) in [5.41, 5.74) is -0.0414. The molecule has 1 aromatic rings. The summed E-state index contributed by atoms with van der Waals surface area (Å²) in [7, 11) is 0. The molecule has 2 heterocycles. The van der Waals surface area contributed by atoms with Crippen LogP contribution >= 0.6 is 0 Å². The minimum atomic E-state index is -0.302. The molecule has 0 bridgehead atoms. The van der Waals surface area contributed by atoms with E-state index in [1.165, 1.54) is 6.07 Å². The summed E-state index contributed by atoms with van der Waals surface area (Å²) in [6, 6.07) is 1.24. The Balaban J connectivity index is 1.71. The molecule has 1 aliphatic rings. The first-order valence-corrected chi connectivity index (χ1v) is 5.62. The number of carbonyl (C=O) groups is 1. The van der Waals surface area contributed by atoms with Gasteiger partial charge in [0.25, 0.3) is 11.5 Å². The van der Waals surface area contributed by atoms with E-state index in [0.29, 0.717) is 6.54 Å². The molecule has 1 aliphatic heterocycles. The fourth-order valence-corrected chi connectivity index (χ4v) is 1.70. The molecule has 0 aliphatic carbocycles. The van der Waals surface area contributed by atoms with Gasteiger partial charge in [-0.3, -0.25) is 24.7 Å². The molecule has 0 aromatic carbocycles. The van der Waals surface area contributed by atoms with Crippen molar-refractivity contribution in [3.63, 3.8) is 0 Å². The second-order valence-electron chi connectivity index (χ2n) is 3.88. The molecule has 0 radical (unpaired) electrons. The topological polar surface area (TPSA) is 90.2 Å². The van der Waals surface area contributed by atoms with E-state index in [1.807, 2.05) is 0 Å². The van der Waals surface area contributed by atoms with Gasteiger partial charge in [-0.25, -0.2) is 0 Å². The summed E-state index contributed by atoms with van der Waals surface area (Å²) < 4.78 is 5.23. The smallest absolute Gasteiger partial charge is 0.269 e. The number of H-pyrrole nitrogens is 2. The molecule has 1 saturated heterocycles. The van der Waals surface area contributed by atoms with Crippen LogP contribution in [-0.4, -0.2) is 60.4 Å². The number of aromatic nitrogens is 2. The lowest BCUT2D eigenvalue weighted by atomic mass is 10.4. The summed E-state index contributed by atoms with van der Waals surface area (Å²) in [4.78, 5) is 24.6. The van der Waals surface area contributed by atoms with Gasteiger partial charge in [0, 0.05) is 32.2 Å². The van der Waals surface area contributed by atoms with Crippen LogP contribution < -0.4 is 10.9 Å². The Kier molecular flexibility index (Phi) is 3.94. The van der Waals surface area contributed by atoms with Crippen molar-refractivity contribution in [2.24, 2.45) is 0 Å². The number of hydrogen-bond acceptors (Lipinski definition) is 4. The molecule has 1 aromatic heterocycles. The summed E-state index contributed by atoms with van der Waals surface area (Å²) >= 11 is 0. The van der Waals surface area contributed by atoms with Crippen molar-refractivity contribution in [1.82, 2.24) is 20.4 Å². The predicted molar refractivity (Wildman–Crippen MR) is 61.0 cm³/mol. The molecular formula is C10H16N4O3. The average molecular weight is 240 g/mol. The molecule has 3 N–H and O–H groups in total. The Labute approximate surface area is 98.1 Å². The Bertz CT molecular complexity index is 419. The van der Waals surface area contributed by atoms with E-state index in [0.717, 1.165) is 32.8 Å². The predicted octanol–water partition coefficient (Wildman–Crippen LogP) is -1.23. The van der Waals surface area contributed by atoms with Crippen LogP contribution in [0.15, 0.2) is 10.9 Å². The third-order valence-electron chi connectivity index (χ3n) is 2.66. The summed E-state index contributed by atoms with van der Waals surface area (Å²) in [5.74, 6) is -0.267. The second kappa shape index (κ2) is 5.65. The molecule has 0 unspecified atom stereocenters. The van der Waals surface area contributed by atoms with Crippen LogP contribution in [0.25, 0.3) is 0 Å². The number of aromatic amines is 2. The molecule has 17 heavy (non-hydrogen) atoms. The molecule has 1 fully saturated rings. The van der Waals surface area contributed by atoms with Crippen LogP contribution in [0, 0.1) is 0 Å². The number of amides is 1. The molecule has 0 atom stereocenters. The Morgan fingerprint density at radius 2 is 2.18 bits per heavy atom. The zero-order chi connectivity index (χ0) is 12.1. The van der Waals surface area contributed by atoms with Crippen molar-refractivity contribution < 1.29 is 9.53 Å². The Morgan fingerprint density at radius 3 is 2.82 bits per heavy atom. The fourth-order valence-electron chi connectivity index (χ4n) is 1.70. The van der Waals surface area contributed by atoms with Gasteiger partial charge in [-0.05, 0) is 0 Å². The van der Waals surface area contributed by atoms with Crippen molar-refractivity contribution in [3.05, 3.63) is 22.1 Å². The fraction of sp³-hybridized carbons (Fsp3) is 0.600. The lowest BCUT2D eigenvalue weighted by molar-refractivity contribution is 0.0383. The summed E-state index contributed by atoms with van der Waals surface area (Å²) in [6.45, 7) is 4.65. The van der Waals surface area contributed by atoms with Crippen LogP contribution in [0.1, 0.15) is 10.5 Å². The lowest BCUT2D eigenvalue weighted by Crippen LogP contribution is -2.41. The van der Waals surface area contributed by atoms with Gasteiger partial charge in [-0.2, -0.15) is 0 Å². The highest BCUT2D eigenvalue weighted by molar-refractivity contribution is 5.92. The quantitative estimate of drug-likeness (QED) is 0.614. The molecule has 0 saturated carbocycles. The number of rotatable bonds is 4. The first kappa shape index (κ1) is 11.9. The molecule has 2 rings (SSSR count). The maximum Gasteiger partial charge on any atom is 0.269 e. The van der Waals surface area contributed by atoms with Crippen molar-refractivity contribution in [2.45, 2.75) is 0 Å². The van der Waals surface area contributed by atoms with Gasteiger partial charge in [0.05, 0.1) is 13.2 Å². The van der Waals surface area contributed by atoms with Crippen LogP contribution in [0.5, 0.6) is 0 Å². The largest absolute Gasteiger partial charge is 0.379 e. The SMILES string of the molecule is O=C(NCCN1CCOCC1)c1cc(=O)[nH][nH]1. The zero-order valence-corrected chi connectivity index (χ0v) is 9.49. The third kappa shape index (κ3) is 3.43. The monoisotopic (exact) mass is 240 g/mol. The standard InChI is InChI=1S/C10H16N4O3/c15-9-7-8(12-13-9)10(16)11-1-2-14-3-5-17-6-4-14/h7H,1-6H2,(H,11,16)(H2,12,13,15). The number of ether oxygens (including phenoxy) is 1. The number of nitrogens with one attached hydrogen (secondary N) is 3. The van der Waals surface area contributed by atoms with Crippen LogP contribution in [0.4, 0.5) is 0 Å². The maximum atomic E-state index is 11.6. The van der Waals surface area contributed by atoms with E-state index in [9.17, 15) is 9.59 Å². The third-order valence-corrected chi connectivity index (χ3v) is 2.66. The number of hydrogen-bond donors (Lipinski definition) is 3. The lowest BCUT2D eigenvalue weighted by Gasteiger charge is -2.26. The van der Waals surface area contributed by atoms with Crippen LogP contribution in [0.2, 0.25) is 0 Å². The van der Waals surface area contributed by atoms with E-state index >= 15 is 0 Å². The van der Waals surface area contributed by atoms with E-state index in [1.54, 1.807) is 0 Å². The average Bonchev–Trinajstić information content (AvgIpc) is 2.77. The maximum absolute atomic E-state index is 11.6. The van der Waals surface area contributed by atoms with E-state index < -0.39 is 0 Å². The van der Waals surface area contributed by atoms with Gasteiger partial charge < -0.3 is 10.1 Å². The van der Waals surface area contributed by atoms with Crippen molar-refractivity contribution in [1.29, 1.82) is 0 Å². The second-order valence-corrected chi connectivity index (χ2v) is 3.88. The molecular weight excluding hydrogens is 224 g/mol. The molecule has 0 spiro atoms. The first-order valence-electron chi connectivity index (χ1n) is 5.62. The zero-order valence-electron chi connectivity index (χ0n) is 9.49. The summed E-state index contributed by atoms with van der Waals surface area (Å²) in [5, 5.41) is 7.58. The van der Waals surface area contributed by atoms with Gasteiger partial charge in [0.15, 0.2) is 0 Å². The van der Waals surface area contributed by atoms with Gasteiger partial charge in [-0.15, -0.1) is 0 Å². The van der Waals surface area contributed by atoms with Gasteiger partial charge in [-0.1, -0.05) is 0 Å². The molecule has 94 valence electrons. The highest BCUT2D eigenvalue weighted by atomic mass is 16.5. The van der Waals surface area contributed by atoms with Gasteiger partial charge in [0.1, 0.15) is 5.69 Å². The highest BCUT2D eigenvalue weighted by Crippen LogP contribution is 1.95. The first-order chi connectivity index (χ1) is 8.25. The van der Waals surface area contributed by atoms with Crippen molar-refractivity contribution >= 4 is 5.91 Å². The molecule has 1 amide bonds. The van der Waals surface area contributed by atoms with Gasteiger partial charge >= 0.3 is 0 Å². The van der Waals surface area contributed by atoms with E-state index in [2.05, 4.69) is 20.4 Å². The normalized spacial score (nSPS) is 16.9. The minimum absolute atomic E-state index is 0.261. The van der Waals surface area contributed by atoms with E-state index in [-0.39, 0.29) is 17.2 Å². The number of nitrogens with zero attached hydrogens (tertiary/aromatic N) is 1. The highest BCUT2D eigenvalue weighted by Gasteiger charge is 2.11. The number of morpholine rings is 1. The van der Waals surface area contributed by atoms with Crippen LogP contribution in [0.3, 0.4) is 0 Å². The van der Waals surface area contributed by atoms with Crippen LogP contribution in [-0.2, 0) is 4.74 Å². The van der Waals surface area contributed by atoms with E-state index in [4.69, 9.17) is 4.74 Å². The Hall–Kier alpha value is -1.60. The van der Waals surface area contributed by atoms with Crippen molar-refractivity contribution in [2.75, 3.05) is 39.4 Å². The van der Waals surface area contributed by atoms with Gasteiger partial charge in [0.2, 0.25) is 0 Å². The summed E-state index contributed by atoms with van der Waals surface area (Å²) in [6.07, 6.45) is 0. The minimum Gasteiger partial charge on any atom is -0.379 e. The Morgan fingerprint density at radius 1 is 1.41 bits per heavy atom. The number of carbonyl (C=O) groups excluding carboxylic acids is 1.